The van der Waals surface area contributed by atoms with Crippen LogP contribution in [0.2, 0.25) is 0 Å². The first-order valence-corrected chi connectivity index (χ1v) is 5.38. The van der Waals surface area contributed by atoms with Crippen molar-refractivity contribution in [3.05, 3.63) is 47.5 Å². The summed E-state index contributed by atoms with van der Waals surface area (Å²) in [5.74, 6) is 7.15. The van der Waals surface area contributed by atoms with Crippen molar-refractivity contribution < 1.29 is 4.74 Å². The first kappa shape index (κ1) is 11.4. The molecule has 17 heavy (non-hydrogen) atoms. The first-order valence-electron chi connectivity index (χ1n) is 5.38. The van der Waals surface area contributed by atoms with Crippen LogP contribution >= 0.6 is 0 Å². The molecule has 1 heterocycles. The van der Waals surface area contributed by atoms with E-state index in [1.54, 1.807) is 12.1 Å². The third kappa shape index (κ3) is 2.73. The van der Waals surface area contributed by atoms with Crippen LogP contribution in [-0.2, 0) is 0 Å². The second-order valence-electron chi connectivity index (χ2n) is 3.85. The summed E-state index contributed by atoms with van der Waals surface area (Å²) in [7, 11) is 0. The Morgan fingerprint density at radius 1 is 1.12 bits per heavy atom. The normalized spacial score (nSPS) is 10.1. The molecule has 0 radical (unpaired) electrons. The van der Waals surface area contributed by atoms with E-state index in [9.17, 15) is 0 Å². The summed E-state index contributed by atoms with van der Waals surface area (Å²) in [4.78, 5) is 4.18. The summed E-state index contributed by atoms with van der Waals surface area (Å²) in [6, 6.07) is 11.3. The topological polar surface area (TPSA) is 60.2 Å². The van der Waals surface area contributed by atoms with Gasteiger partial charge in [-0.3, -0.25) is 0 Å². The number of hydrazine groups is 1. The number of aryl methyl sites for hydroxylation is 2. The average Bonchev–Trinajstić information content (AvgIpc) is 2.34. The van der Waals surface area contributed by atoms with E-state index in [1.165, 1.54) is 11.1 Å². The fourth-order valence-electron chi connectivity index (χ4n) is 1.45. The molecule has 0 aliphatic carbocycles. The third-order valence-corrected chi connectivity index (χ3v) is 2.57. The molecule has 0 spiro atoms. The number of hydrogen-bond acceptors (Lipinski definition) is 4. The Morgan fingerprint density at radius 2 is 1.94 bits per heavy atom. The van der Waals surface area contributed by atoms with Gasteiger partial charge in [0, 0.05) is 6.07 Å². The quantitative estimate of drug-likeness (QED) is 0.627. The Balaban J connectivity index is 2.22. The molecular weight excluding hydrogens is 214 g/mol. The molecule has 0 bridgehead atoms. The number of nitrogen functional groups attached to an aromatic ring is 1. The van der Waals surface area contributed by atoms with Gasteiger partial charge in [0.25, 0.3) is 0 Å². The fourth-order valence-corrected chi connectivity index (χ4v) is 1.45. The number of anilines is 1. The van der Waals surface area contributed by atoms with Crippen molar-refractivity contribution in [1.82, 2.24) is 4.98 Å². The number of benzene rings is 1. The number of aromatic nitrogens is 1. The van der Waals surface area contributed by atoms with E-state index in [1.807, 2.05) is 31.2 Å². The number of rotatable bonds is 3. The highest BCUT2D eigenvalue weighted by molar-refractivity contribution is 5.39. The molecule has 0 fully saturated rings. The van der Waals surface area contributed by atoms with Gasteiger partial charge >= 0.3 is 0 Å². The Hall–Kier alpha value is -2.07. The number of ether oxygens (including phenoxy) is 1. The molecule has 0 atom stereocenters. The summed E-state index contributed by atoms with van der Waals surface area (Å²) in [6.07, 6.45) is 0. The van der Waals surface area contributed by atoms with Gasteiger partial charge in [-0.25, -0.2) is 5.84 Å². The highest BCUT2D eigenvalue weighted by atomic mass is 16.5. The van der Waals surface area contributed by atoms with Crippen LogP contribution in [0.3, 0.4) is 0 Å². The molecule has 1 aromatic carbocycles. The zero-order chi connectivity index (χ0) is 12.3. The SMILES string of the molecule is Cc1ccc(Oc2cccc(NN)n2)cc1C. The number of pyridine rings is 1. The van der Waals surface area contributed by atoms with Crippen molar-refractivity contribution >= 4 is 5.82 Å². The fraction of sp³-hybridized carbons (Fsp3) is 0.154. The maximum Gasteiger partial charge on any atom is 0.221 e. The average molecular weight is 229 g/mol. The van der Waals surface area contributed by atoms with Crippen LogP contribution in [0.25, 0.3) is 0 Å². The van der Waals surface area contributed by atoms with Gasteiger partial charge in [-0.2, -0.15) is 4.98 Å². The predicted molar refractivity (Wildman–Crippen MR) is 68.0 cm³/mol. The molecule has 0 amide bonds. The highest BCUT2D eigenvalue weighted by Crippen LogP contribution is 2.22. The molecule has 0 saturated heterocycles. The van der Waals surface area contributed by atoms with Gasteiger partial charge in [0.05, 0.1) is 0 Å². The smallest absolute Gasteiger partial charge is 0.221 e. The predicted octanol–water partition coefficient (Wildman–Crippen LogP) is 2.78. The van der Waals surface area contributed by atoms with Crippen molar-refractivity contribution in [2.45, 2.75) is 13.8 Å². The van der Waals surface area contributed by atoms with Gasteiger partial charge in [0.2, 0.25) is 5.88 Å². The second kappa shape index (κ2) is 4.84. The van der Waals surface area contributed by atoms with Gasteiger partial charge in [-0.05, 0) is 43.2 Å². The standard InChI is InChI=1S/C13H15N3O/c1-9-6-7-11(8-10(9)2)17-13-5-3-4-12(15-13)16-14/h3-8H,14H2,1-2H3,(H,15,16). The lowest BCUT2D eigenvalue weighted by Crippen LogP contribution is -2.08. The Kier molecular flexibility index (Phi) is 3.25. The molecule has 0 aliphatic heterocycles. The van der Waals surface area contributed by atoms with Crippen molar-refractivity contribution in [2.24, 2.45) is 5.84 Å². The number of hydrogen-bond donors (Lipinski definition) is 2. The van der Waals surface area contributed by atoms with Gasteiger partial charge in [0.15, 0.2) is 0 Å². The van der Waals surface area contributed by atoms with Crippen LogP contribution in [0.15, 0.2) is 36.4 Å². The summed E-state index contributed by atoms with van der Waals surface area (Å²) in [5.41, 5.74) is 4.91. The Labute approximate surface area is 100 Å². The minimum Gasteiger partial charge on any atom is -0.439 e. The van der Waals surface area contributed by atoms with E-state index in [0.29, 0.717) is 11.7 Å². The van der Waals surface area contributed by atoms with Crippen LogP contribution in [0, 0.1) is 13.8 Å². The van der Waals surface area contributed by atoms with E-state index in [0.717, 1.165) is 5.75 Å². The van der Waals surface area contributed by atoms with E-state index in [-0.39, 0.29) is 0 Å². The molecule has 0 unspecified atom stereocenters. The van der Waals surface area contributed by atoms with Gasteiger partial charge in [-0.1, -0.05) is 12.1 Å². The van der Waals surface area contributed by atoms with Crippen LogP contribution in [0.4, 0.5) is 5.82 Å². The molecule has 88 valence electrons. The van der Waals surface area contributed by atoms with Crippen LogP contribution in [0.1, 0.15) is 11.1 Å². The van der Waals surface area contributed by atoms with Crippen molar-refractivity contribution in [3.63, 3.8) is 0 Å². The highest BCUT2D eigenvalue weighted by Gasteiger charge is 2.01. The summed E-state index contributed by atoms with van der Waals surface area (Å²) < 4.78 is 5.65. The number of nitrogens with two attached hydrogens (primary N) is 1. The Morgan fingerprint density at radius 3 is 2.65 bits per heavy atom. The van der Waals surface area contributed by atoms with E-state index >= 15 is 0 Å². The zero-order valence-electron chi connectivity index (χ0n) is 9.90. The van der Waals surface area contributed by atoms with Crippen LogP contribution in [-0.4, -0.2) is 4.98 Å². The molecule has 3 N–H and O–H groups in total. The van der Waals surface area contributed by atoms with E-state index in [4.69, 9.17) is 10.6 Å². The lowest BCUT2D eigenvalue weighted by atomic mass is 10.1. The molecule has 4 nitrogen and oxygen atoms in total. The first-order chi connectivity index (χ1) is 8.19. The molecule has 0 aliphatic rings. The lowest BCUT2D eigenvalue weighted by molar-refractivity contribution is 0.463. The van der Waals surface area contributed by atoms with Crippen molar-refractivity contribution in [1.29, 1.82) is 0 Å². The monoisotopic (exact) mass is 229 g/mol. The van der Waals surface area contributed by atoms with Gasteiger partial charge < -0.3 is 10.2 Å². The molecule has 4 heteroatoms. The molecule has 2 rings (SSSR count). The molecule has 2 aromatic rings. The van der Waals surface area contributed by atoms with Crippen LogP contribution < -0.4 is 16.0 Å². The maximum absolute atomic E-state index is 5.65. The second-order valence-corrected chi connectivity index (χ2v) is 3.85. The Bertz CT molecular complexity index is 526. The van der Waals surface area contributed by atoms with Crippen LogP contribution in [0.5, 0.6) is 11.6 Å². The maximum atomic E-state index is 5.65. The van der Waals surface area contributed by atoms with E-state index < -0.39 is 0 Å². The van der Waals surface area contributed by atoms with Gasteiger partial charge in [0.1, 0.15) is 11.6 Å². The van der Waals surface area contributed by atoms with Gasteiger partial charge in [-0.15, -0.1) is 0 Å². The molecule has 0 saturated carbocycles. The van der Waals surface area contributed by atoms with Crippen molar-refractivity contribution in [3.8, 4) is 11.6 Å². The third-order valence-electron chi connectivity index (χ3n) is 2.57. The number of nitrogens with one attached hydrogen (secondary N) is 1. The molecular formula is C13H15N3O. The summed E-state index contributed by atoms with van der Waals surface area (Å²) in [5, 5.41) is 0. The summed E-state index contributed by atoms with van der Waals surface area (Å²) >= 11 is 0. The molecule has 1 aromatic heterocycles. The summed E-state index contributed by atoms with van der Waals surface area (Å²) in [6.45, 7) is 4.11. The van der Waals surface area contributed by atoms with Crippen molar-refractivity contribution in [2.75, 3.05) is 5.43 Å². The minimum absolute atomic E-state index is 0.517. The lowest BCUT2D eigenvalue weighted by Gasteiger charge is -2.08. The zero-order valence-corrected chi connectivity index (χ0v) is 9.90. The largest absolute Gasteiger partial charge is 0.439 e. The minimum atomic E-state index is 0.517. The number of nitrogens with zero attached hydrogens (tertiary/aromatic N) is 1. The van der Waals surface area contributed by atoms with E-state index in [2.05, 4.69) is 17.3 Å².